The minimum Gasteiger partial charge on any atom is -0.369 e. The first-order valence-corrected chi connectivity index (χ1v) is 9.87. The minimum absolute atomic E-state index is 0.0674. The SMILES string of the molecule is CC(C)(C)c1cc(C(=O)Nc2nc(C(F)(F)F)cs2)cc(N2CCNCC2)c1. The standard InChI is InChI=1S/C19H23F3N4OS/c1-18(2,3)13-8-12(9-14(10-13)26-6-4-23-5-7-26)16(27)25-17-24-15(11-28-17)19(20,21)22/h8-11,23H,4-7H2,1-3H3,(H,24,25,27). The van der Waals surface area contributed by atoms with Gasteiger partial charge >= 0.3 is 6.18 Å². The van der Waals surface area contributed by atoms with Crippen molar-refractivity contribution in [3.63, 3.8) is 0 Å². The average Bonchev–Trinajstić information content (AvgIpc) is 3.10. The summed E-state index contributed by atoms with van der Waals surface area (Å²) in [6, 6.07) is 5.65. The van der Waals surface area contributed by atoms with Gasteiger partial charge in [-0.1, -0.05) is 20.8 Å². The van der Waals surface area contributed by atoms with E-state index in [1.165, 1.54) is 0 Å². The number of nitrogens with zero attached hydrogens (tertiary/aromatic N) is 2. The zero-order chi connectivity index (χ0) is 20.5. The van der Waals surface area contributed by atoms with Crippen LogP contribution in [-0.4, -0.2) is 37.1 Å². The highest BCUT2D eigenvalue weighted by Crippen LogP contribution is 2.32. The molecule has 1 aliphatic heterocycles. The number of benzene rings is 1. The van der Waals surface area contributed by atoms with E-state index in [-0.39, 0.29) is 10.5 Å². The zero-order valence-corrected chi connectivity index (χ0v) is 16.8. The molecule has 9 heteroatoms. The first-order valence-electron chi connectivity index (χ1n) is 8.99. The van der Waals surface area contributed by atoms with Crippen molar-refractivity contribution in [3.8, 4) is 0 Å². The predicted octanol–water partition coefficient (Wildman–Crippen LogP) is 4.12. The van der Waals surface area contributed by atoms with Crippen molar-refractivity contribution in [2.75, 3.05) is 36.4 Å². The van der Waals surface area contributed by atoms with Crippen molar-refractivity contribution < 1.29 is 18.0 Å². The molecule has 0 atom stereocenters. The summed E-state index contributed by atoms with van der Waals surface area (Å²) >= 11 is 0.760. The number of carbonyl (C=O) groups excluding carboxylic acids is 1. The van der Waals surface area contributed by atoms with E-state index in [0.29, 0.717) is 5.56 Å². The van der Waals surface area contributed by atoms with Crippen molar-refractivity contribution in [2.24, 2.45) is 0 Å². The summed E-state index contributed by atoms with van der Waals surface area (Å²) in [4.78, 5) is 18.4. The monoisotopic (exact) mass is 412 g/mol. The van der Waals surface area contributed by atoms with Crippen LogP contribution in [0, 0.1) is 0 Å². The molecular weight excluding hydrogens is 389 g/mol. The van der Waals surface area contributed by atoms with Crippen molar-refractivity contribution in [1.82, 2.24) is 10.3 Å². The Morgan fingerprint density at radius 1 is 1.18 bits per heavy atom. The molecule has 0 unspecified atom stereocenters. The molecule has 2 N–H and O–H groups in total. The third-order valence-electron chi connectivity index (χ3n) is 4.54. The smallest absolute Gasteiger partial charge is 0.369 e. The number of alkyl halides is 3. The number of rotatable bonds is 3. The van der Waals surface area contributed by atoms with Gasteiger partial charge in [0.2, 0.25) is 0 Å². The van der Waals surface area contributed by atoms with Crippen molar-refractivity contribution in [3.05, 3.63) is 40.4 Å². The van der Waals surface area contributed by atoms with Gasteiger partial charge in [0, 0.05) is 42.8 Å². The number of halogens is 3. The number of carbonyl (C=O) groups is 1. The van der Waals surface area contributed by atoms with E-state index in [1.54, 1.807) is 12.1 Å². The average molecular weight is 412 g/mol. The summed E-state index contributed by atoms with van der Waals surface area (Å²) in [5, 5.41) is 6.62. The Morgan fingerprint density at radius 2 is 1.86 bits per heavy atom. The van der Waals surface area contributed by atoms with Gasteiger partial charge < -0.3 is 10.2 Å². The quantitative estimate of drug-likeness (QED) is 0.796. The molecule has 1 aliphatic rings. The first-order chi connectivity index (χ1) is 13.0. The lowest BCUT2D eigenvalue weighted by Gasteiger charge is -2.31. The summed E-state index contributed by atoms with van der Waals surface area (Å²) in [5.74, 6) is -0.467. The van der Waals surface area contributed by atoms with Crippen LogP contribution in [0.3, 0.4) is 0 Å². The highest BCUT2D eigenvalue weighted by molar-refractivity contribution is 7.14. The molecule has 5 nitrogen and oxygen atoms in total. The lowest BCUT2D eigenvalue weighted by molar-refractivity contribution is -0.140. The molecule has 2 aromatic rings. The van der Waals surface area contributed by atoms with E-state index in [0.717, 1.165) is 54.1 Å². The molecule has 0 saturated carbocycles. The van der Waals surface area contributed by atoms with E-state index in [1.807, 2.05) is 0 Å². The Kier molecular flexibility index (Phi) is 5.67. The molecule has 1 aromatic heterocycles. The molecule has 0 spiro atoms. The number of piperazine rings is 1. The summed E-state index contributed by atoms with van der Waals surface area (Å²) in [6.07, 6.45) is -4.53. The fourth-order valence-corrected chi connectivity index (χ4v) is 3.62. The molecule has 3 rings (SSSR count). The van der Waals surface area contributed by atoms with Crippen molar-refractivity contribution >= 4 is 28.1 Å². The fraction of sp³-hybridized carbons (Fsp3) is 0.474. The van der Waals surface area contributed by atoms with Crippen LogP contribution in [0.2, 0.25) is 0 Å². The summed E-state index contributed by atoms with van der Waals surface area (Å²) in [6.45, 7) is 9.55. The van der Waals surface area contributed by atoms with Gasteiger partial charge in [0.05, 0.1) is 0 Å². The molecule has 2 heterocycles. The van der Waals surface area contributed by atoms with E-state index < -0.39 is 17.8 Å². The molecule has 0 aliphatic carbocycles. The van der Waals surface area contributed by atoms with Gasteiger partial charge in [-0.3, -0.25) is 10.1 Å². The van der Waals surface area contributed by atoms with Gasteiger partial charge in [-0.05, 0) is 29.2 Å². The lowest BCUT2D eigenvalue weighted by atomic mass is 9.85. The van der Waals surface area contributed by atoms with E-state index in [4.69, 9.17) is 0 Å². The maximum atomic E-state index is 12.7. The van der Waals surface area contributed by atoms with Crippen LogP contribution in [0.4, 0.5) is 24.0 Å². The molecular formula is C19H23F3N4OS. The largest absolute Gasteiger partial charge is 0.434 e. The van der Waals surface area contributed by atoms with Crippen LogP contribution in [-0.2, 0) is 11.6 Å². The first kappa shape index (κ1) is 20.6. The number of nitrogens with one attached hydrogen (secondary N) is 2. The Morgan fingerprint density at radius 3 is 2.43 bits per heavy atom. The van der Waals surface area contributed by atoms with Crippen LogP contribution in [0.25, 0.3) is 0 Å². The summed E-state index contributed by atoms with van der Waals surface area (Å²) in [7, 11) is 0. The number of hydrogen-bond donors (Lipinski definition) is 2. The van der Waals surface area contributed by atoms with Crippen LogP contribution < -0.4 is 15.5 Å². The molecule has 0 radical (unpaired) electrons. The normalized spacial score (nSPS) is 15.6. The third kappa shape index (κ3) is 4.82. The topological polar surface area (TPSA) is 57.3 Å². The maximum absolute atomic E-state index is 12.7. The molecule has 0 bridgehead atoms. The highest BCUT2D eigenvalue weighted by atomic mass is 32.1. The van der Waals surface area contributed by atoms with Gasteiger partial charge in [0.1, 0.15) is 0 Å². The second kappa shape index (κ2) is 7.71. The minimum atomic E-state index is -4.53. The van der Waals surface area contributed by atoms with Gasteiger partial charge in [-0.25, -0.2) is 4.98 Å². The number of anilines is 2. The maximum Gasteiger partial charge on any atom is 0.434 e. The van der Waals surface area contributed by atoms with Crippen LogP contribution in [0.1, 0.15) is 42.4 Å². The second-order valence-corrected chi connectivity index (χ2v) is 8.60. The second-order valence-electron chi connectivity index (χ2n) is 7.75. The molecule has 1 saturated heterocycles. The van der Waals surface area contributed by atoms with Crippen molar-refractivity contribution in [2.45, 2.75) is 32.4 Å². The highest BCUT2D eigenvalue weighted by Gasteiger charge is 2.34. The lowest BCUT2D eigenvalue weighted by Crippen LogP contribution is -2.43. The predicted molar refractivity (Wildman–Crippen MR) is 105 cm³/mol. The summed E-state index contributed by atoms with van der Waals surface area (Å²) < 4.78 is 38.2. The van der Waals surface area contributed by atoms with Gasteiger partial charge in [-0.2, -0.15) is 13.2 Å². The number of aromatic nitrogens is 1. The van der Waals surface area contributed by atoms with E-state index in [2.05, 4.69) is 47.4 Å². The Bertz CT molecular complexity index is 852. The molecule has 1 fully saturated rings. The molecule has 1 aromatic carbocycles. The molecule has 28 heavy (non-hydrogen) atoms. The summed E-state index contributed by atoms with van der Waals surface area (Å²) in [5.41, 5.74) is 1.16. The number of amides is 1. The fourth-order valence-electron chi connectivity index (χ4n) is 2.91. The van der Waals surface area contributed by atoms with Crippen LogP contribution in [0.15, 0.2) is 23.6 Å². The molecule has 152 valence electrons. The third-order valence-corrected chi connectivity index (χ3v) is 5.30. The van der Waals surface area contributed by atoms with Crippen LogP contribution in [0.5, 0.6) is 0 Å². The number of hydrogen-bond acceptors (Lipinski definition) is 5. The van der Waals surface area contributed by atoms with E-state index in [9.17, 15) is 18.0 Å². The molecule has 1 amide bonds. The number of thiazole rings is 1. The Balaban J connectivity index is 1.88. The van der Waals surface area contributed by atoms with Gasteiger partial charge in [0.25, 0.3) is 5.91 Å². The Labute approximate surface area is 166 Å². The van der Waals surface area contributed by atoms with Crippen molar-refractivity contribution in [1.29, 1.82) is 0 Å². The Hall–Kier alpha value is -2.13. The van der Waals surface area contributed by atoms with E-state index >= 15 is 0 Å². The van der Waals surface area contributed by atoms with Gasteiger partial charge in [0.15, 0.2) is 10.8 Å². The van der Waals surface area contributed by atoms with Gasteiger partial charge in [-0.15, -0.1) is 11.3 Å². The van der Waals surface area contributed by atoms with Crippen LogP contribution >= 0.6 is 11.3 Å². The zero-order valence-electron chi connectivity index (χ0n) is 16.0.